The molecule has 0 aromatic rings. The highest BCUT2D eigenvalue weighted by molar-refractivity contribution is 5.20. The number of nitriles is 1. The van der Waals surface area contributed by atoms with E-state index in [1.54, 1.807) is 0 Å². The maximum Gasteiger partial charge on any atom is 0.117 e. The zero-order valence-electron chi connectivity index (χ0n) is 5.59. The summed E-state index contributed by atoms with van der Waals surface area (Å²) >= 11 is 0. The summed E-state index contributed by atoms with van der Waals surface area (Å²) in [5, 5.41) is 8.50. The lowest BCUT2D eigenvalue weighted by Gasteiger charge is -2.20. The van der Waals surface area contributed by atoms with Crippen molar-refractivity contribution in [3.05, 3.63) is 11.8 Å². The van der Waals surface area contributed by atoms with E-state index in [0.717, 1.165) is 18.7 Å². The maximum absolute atomic E-state index is 8.50. The third-order valence-corrected chi connectivity index (χ3v) is 1.56. The fourth-order valence-corrected chi connectivity index (χ4v) is 0.975. The summed E-state index contributed by atoms with van der Waals surface area (Å²) in [7, 11) is 1.95. The molecule has 1 rings (SSSR count). The second-order valence-electron chi connectivity index (χ2n) is 2.26. The molecule has 0 spiro atoms. The van der Waals surface area contributed by atoms with Crippen LogP contribution in [0.25, 0.3) is 0 Å². The molecule has 48 valence electrons. The summed E-state index contributed by atoms with van der Waals surface area (Å²) in [5.74, 6) is 0. The van der Waals surface area contributed by atoms with E-state index in [9.17, 15) is 0 Å². The number of rotatable bonds is 0. The van der Waals surface area contributed by atoms with E-state index >= 15 is 0 Å². The molecule has 1 aliphatic heterocycles. The van der Waals surface area contributed by atoms with Crippen molar-refractivity contribution < 1.29 is 0 Å². The van der Waals surface area contributed by atoms with Gasteiger partial charge in [-0.25, -0.2) is 0 Å². The first-order chi connectivity index (χ1) is 4.34. The van der Waals surface area contributed by atoms with E-state index < -0.39 is 0 Å². The van der Waals surface area contributed by atoms with Crippen LogP contribution in [-0.2, 0) is 0 Å². The molecule has 0 radical (unpaired) electrons. The van der Waals surface area contributed by atoms with Gasteiger partial charge in [0, 0.05) is 13.6 Å². The van der Waals surface area contributed by atoms with Gasteiger partial charge in [-0.3, -0.25) is 0 Å². The largest absolute Gasteiger partial charge is 0.366 e. The van der Waals surface area contributed by atoms with Crippen LogP contribution in [0.1, 0.15) is 12.8 Å². The standard InChI is InChI=1S/C7H10N2/c1-9-5-3-2-4-7(9)6-8/h4H,2-3,5H2,1H3. The third-order valence-electron chi connectivity index (χ3n) is 1.56. The first-order valence-electron chi connectivity index (χ1n) is 3.16. The Morgan fingerprint density at radius 2 is 2.56 bits per heavy atom. The minimum absolute atomic E-state index is 0.821. The van der Waals surface area contributed by atoms with Crippen LogP contribution in [0.2, 0.25) is 0 Å². The van der Waals surface area contributed by atoms with Crippen LogP contribution < -0.4 is 0 Å². The second-order valence-corrected chi connectivity index (χ2v) is 2.26. The maximum atomic E-state index is 8.50. The molecular weight excluding hydrogens is 112 g/mol. The SMILES string of the molecule is CN1CCCC=C1C#N. The monoisotopic (exact) mass is 122 g/mol. The molecule has 0 aromatic heterocycles. The fraction of sp³-hybridized carbons (Fsp3) is 0.571. The van der Waals surface area contributed by atoms with Crippen molar-refractivity contribution in [3.8, 4) is 6.07 Å². The highest BCUT2D eigenvalue weighted by atomic mass is 15.1. The van der Waals surface area contributed by atoms with Crippen LogP contribution in [0.4, 0.5) is 0 Å². The molecule has 0 unspecified atom stereocenters. The van der Waals surface area contributed by atoms with Crippen molar-refractivity contribution in [3.63, 3.8) is 0 Å². The van der Waals surface area contributed by atoms with Gasteiger partial charge in [0.05, 0.1) is 0 Å². The van der Waals surface area contributed by atoms with Gasteiger partial charge in [-0.1, -0.05) is 6.08 Å². The van der Waals surface area contributed by atoms with Crippen LogP contribution in [0.5, 0.6) is 0 Å². The lowest BCUT2D eigenvalue weighted by Crippen LogP contribution is -2.20. The average Bonchev–Trinajstić information content (AvgIpc) is 1.89. The summed E-state index contributed by atoms with van der Waals surface area (Å²) in [6.07, 6.45) is 4.23. The molecule has 0 bridgehead atoms. The van der Waals surface area contributed by atoms with Gasteiger partial charge in [-0.05, 0) is 12.8 Å². The molecule has 1 aliphatic rings. The zero-order chi connectivity index (χ0) is 6.69. The lowest BCUT2D eigenvalue weighted by molar-refractivity contribution is 0.403. The molecule has 0 aliphatic carbocycles. The molecule has 9 heavy (non-hydrogen) atoms. The molecule has 2 nitrogen and oxygen atoms in total. The molecule has 0 fully saturated rings. The van der Waals surface area contributed by atoms with Gasteiger partial charge in [0.2, 0.25) is 0 Å². The molecule has 0 aromatic carbocycles. The predicted octanol–water partition coefficient (Wildman–Crippen LogP) is 1.12. The summed E-state index contributed by atoms with van der Waals surface area (Å²) in [6.45, 7) is 1.03. The van der Waals surface area contributed by atoms with Crippen LogP contribution in [-0.4, -0.2) is 18.5 Å². The fourth-order valence-electron chi connectivity index (χ4n) is 0.975. The first kappa shape index (κ1) is 6.15. The van der Waals surface area contributed by atoms with Crippen molar-refractivity contribution in [2.75, 3.05) is 13.6 Å². The summed E-state index contributed by atoms with van der Waals surface area (Å²) in [4.78, 5) is 1.99. The molecule has 0 N–H and O–H groups in total. The van der Waals surface area contributed by atoms with Crippen LogP contribution in [0.3, 0.4) is 0 Å². The Labute approximate surface area is 55.4 Å². The second kappa shape index (κ2) is 2.54. The molecule has 1 heterocycles. The number of nitrogens with zero attached hydrogens (tertiary/aromatic N) is 2. The average molecular weight is 122 g/mol. The Morgan fingerprint density at radius 3 is 3.00 bits per heavy atom. The Bertz CT molecular complexity index is 164. The predicted molar refractivity (Wildman–Crippen MR) is 35.6 cm³/mol. The normalized spacial score (nSPS) is 18.7. The summed E-state index contributed by atoms with van der Waals surface area (Å²) < 4.78 is 0. The molecule has 0 saturated heterocycles. The highest BCUT2D eigenvalue weighted by Gasteiger charge is 2.06. The minimum Gasteiger partial charge on any atom is -0.366 e. The summed E-state index contributed by atoms with van der Waals surface area (Å²) in [5.41, 5.74) is 0.821. The number of hydrogen-bond acceptors (Lipinski definition) is 2. The van der Waals surface area contributed by atoms with Crippen LogP contribution in [0, 0.1) is 11.3 Å². The van der Waals surface area contributed by atoms with Gasteiger partial charge in [0.15, 0.2) is 0 Å². The molecule has 0 amide bonds. The smallest absolute Gasteiger partial charge is 0.117 e. The van der Waals surface area contributed by atoms with Crippen molar-refractivity contribution >= 4 is 0 Å². The highest BCUT2D eigenvalue weighted by Crippen LogP contribution is 2.10. The van der Waals surface area contributed by atoms with E-state index in [1.165, 1.54) is 6.42 Å². The van der Waals surface area contributed by atoms with Crippen LogP contribution in [0.15, 0.2) is 11.8 Å². The Balaban J connectivity index is 2.67. The molecule has 2 heteroatoms. The molecule has 0 atom stereocenters. The third kappa shape index (κ3) is 1.23. The topological polar surface area (TPSA) is 27.0 Å². The summed E-state index contributed by atoms with van der Waals surface area (Å²) in [6, 6.07) is 2.14. The Morgan fingerprint density at radius 1 is 1.78 bits per heavy atom. The number of allylic oxidation sites excluding steroid dienone is 2. The van der Waals surface area contributed by atoms with Crippen molar-refractivity contribution in [2.45, 2.75) is 12.8 Å². The quantitative estimate of drug-likeness (QED) is 0.481. The lowest BCUT2D eigenvalue weighted by atomic mass is 10.2. The van der Waals surface area contributed by atoms with Gasteiger partial charge in [0.1, 0.15) is 11.8 Å². The van der Waals surface area contributed by atoms with Crippen molar-refractivity contribution in [2.24, 2.45) is 0 Å². The van der Waals surface area contributed by atoms with E-state index in [4.69, 9.17) is 5.26 Å². The van der Waals surface area contributed by atoms with Gasteiger partial charge >= 0.3 is 0 Å². The molecule has 0 saturated carbocycles. The molecular formula is C7H10N2. The number of hydrogen-bond donors (Lipinski definition) is 0. The zero-order valence-corrected chi connectivity index (χ0v) is 5.59. The van der Waals surface area contributed by atoms with E-state index in [1.807, 2.05) is 18.0 Å². The Kier molecular flexibility index (Phi) is 1.74. The minimum atomic E-state index is 0.821. The van der Waals surface area contributed by atoms with E-state index in [-0.39, 0.29) is 0 Å². The van der Waals surface area contributed by atoms with Gasteiger partial charge in [0.25, 0.3) is 0 Å². The van der Waals surface area contributed by atoms with Gasteiger partial charge < -0.3 is 4.90 Å². The van der Waals surface area contributed by atoms with Gasteiger partial charge in [-0.2, -0.15) is 5.26 Å². The van der Waals surface area contributed by atoms with E-state index in [2.05, 4.69) is 6.07 Å². The Hall–Kier alpha value is -0.970. The first-order valence-corrected chi connectivity index (χ1v) is 3.16. The van der Waals surface area contributed by atoms with Crippen molar-refractivity contribution in [1.82, 2.24) is 4.90 Å². The van der Waals surface area contributed by atoms with Gasteiger partial charge in [-0.15, -0.1) is 0 Å². The van der Waals surface area contributed by atoms with Crippen molar-refractivity contribution in [1.29, 1.82) is 5.26 Å². The van der Waals surface area contributed by atoms with E-state index in [0.29, 0.717) is 0 Å². The van der Waals surface area contributed by atoms with Crippen LogP contribution >= 0.6 is 0 Å².